The van der Waals surface area contributed by atoms with Gasteiger partial charge in [0.25, 0.3) is 0 Å². The predicted octanol–water partition coefficient (Wildman–Crippen LogP) is 1.56. The maximum absolute atomic E-state index is 5.59. The summed E-state index contributed by atoms with van der Waals surface area (Å²) in [5, 5.41) is 4.32. The molecule has 0 spiro atoms. The number of rotatable bonds is 4. The molecular weight excluding hydrogens is 230 g/mol. The van der Waals surface area contributed by atoms with Gasteiger partial charge in [0.1, 0.15) is 0 Å². The van der Waals surface area contributed by atoms with E-state index < -0.39 is 0 Å². The Morgan fingerprint density at radius 3 is 2.44 bits per heavy atom. The van der Waals surface area contributed by atoms with Crippen LogP contribution in [-0.2, 0) is 13.6 Å². The summed E-state index contributed by atoms with van der Waals surface area (Å²) in [6.45, 7) is 0.432. The Bertz CT molecular complexity index is 549. The quantitative estimate of drug-likeness (QED) is 0.890. The molecule has 1 aromatic heterocycles. The SMILES string of the molecule is COc1ccc(-c2cc(CN)nn2C)cc1OC. The number of aromatic nitrogens is 2. The second-order valence-electron chi connectivity index (χ2n) is 3.92. The first-order chi connectivity index (χ1) is 8.69. The van der Waals surface area contributed by atoms with Crippen molar-refractivity contribution in [2.24, 2.45) is 12.8 Å². The summed E-state index contributed by atoms with van der Waals surface area (Å²) >= 11 is 0. The van der Waals surface area contributed by atoms with Gasteiger partial charge in [0.15, 0.2) is 11.5 Å². The third-order valence-corrected chi connectivity index (χ3v) is 2.82. The second-order valence-corrected chi connectivity index (χ2v) is 3.92. The van der Waals surface area contributed by atoms with Crippen LogP contribution in [0.5, 0.6) is 11.5 Å². The van der Waals surface area contributed by atoms with E-state index in [9.17, 15) is 0 Å². The van der Waals surface area contributed by atoms with Crippen molar-refractivity contribution >= 4 is 0 Å². The summed E-state index contributed by atoms with van der Waals surface area (Å²) in [7, 11) is 5.13. The van der Waals surface area contributed by atoms with Gasteiger partial charge in [-0.05, 0) is 24.3 Å². The molecule has 0 amide bonds. The molecule has 0 saturated heterocycles. The first-order valence-electron chi connectivity index (χ1n) is 5.65. The number of benzene rings is 1. The Labute approximate surface area is 106 Å². The third-order valence-electron chi connectivity index (χ3n) is 2.82. The van der Waals surface area contributed by atoms with Crippen molar-refractivity contribution in [3.05, 3.63) is 30.0 Å². The molecule has 96 valence electrons. The van der Waals surface area contributed by atoms with Crippen LogP contribution in [0.2, 0.25) is 0 Å². The Morgan fingerprint density at radius 2 is 1.89 bits per heavy atom. The lowest BCUT2D eigenvalue weighted by molar-refractivity contribution is 0.355. The van der Waals surface area contributed by atoms with Crippen molar-refractivity contribution in [1.29, 1.82) is 0 Å². The lowest BCUT2D eigenvalue weighted by atomic mass is 10.1. The average Bonchev–Trinajstić information content (AvgIpc) is 2.79. The van der Waals surface area contributed by atoms with E-state index in [1.165, 1.54) is 0 Å². The van der Waals surface area contributed by atoms with E-state index in [4.69, 9.17) is 15.2 Å². The van der Waals surface area contributed by atoms with Crippen molar-refractivity contribution in [3.8, 4) is 22.8 Å². The Hall–Kier alpha value is -2.01. The van der Waals surface area contributed by atoms with Crippen LogP contribution in [0.15, 0.2) is 24.3 Å². The molecular formula is C13H17N3O2. The number of hydrogen-bond acceptors (Lipinski definition) is 4. The predicted molar refractivity (Wildman–Crippen MR) is 69.6 cm³/mol. The zero-order chi connectivity index (χ0) is 13.1. The molecule has 0 aliphatic carbocycles. The van der Waals surface area contributed by atoms with Gasteiger partial charge in [0.2, 0.25) is 0 Å². The standard InChI is InChI=1S/C13H17N3O2/c1-16-11(7-10(8-14)15-16)9-4-5-12(17-2)13(6-9)18-3/h4-7H,8,14H2,1-3H3. The van der Waals surface area contributed by atoms with Gasteiger partial charge >= 0.3 is 0 Å². The van der Waals surface area contributed by atoms with Gasteiger partial charge in [0.05, 0.1) is 25.6 Å². The van der Waals surface area contributed by atoms with Crippen molar-refractivity contribution in [3.63, 3.8) is 0 Å². The smallest absolute Gasteiger partial charge is 0.161 e. The number of methoxy groups -OCH3 is 2. The van der Waals surface area contributed by atoms with Crippen LogP contribution in [0.1, 0.15) is 5.69 Å². The van der Waals surface area contributed by atoms with Crippen LogP contribution in [0.4, 0.5) is 0 Å². The van der Waals surface area contributed by atoms with E-state index in [2.05, 4.69) is 5.10 Å². The molecule has 0 fully saturated rings. The highest BCUT2D eigenvalue weighted by atomic mass is 16.5. The van der Waals surface area contributed by atoms with E-state index in [0.717, 1.165) is 17.0 Å². The van der Waals surface area contributed by atoms with Crippen LogP contribution >= 0.6 is 0 Å². The molecule has 2 N–H and O–H groups in total. The first-order valence-corrected chi connectivity index (χ1v) is 5.65. The summed E-state index contributed by atoms with van der Waals surface area (Å²) in [5.74, 6) is 1.41. The summed E-state index contributed by atoms with van der Waals surface area (Å²) in [4.78, 5) is 0. The minimum atomic E-state index is 0.432. The zero-order valence-corrected chi connectivity index (χ0v) is 10.8. The van der Waals surface area contributed by atoms with E-state index in [0.29, 0.717) is 18.0 Å². The molecule has 2 rings (SSSR count). The summed E-state index contributed by atoms with van der Waals surface area (Å²) in [5.41, 5.74) is 8.47. The Kier molecular flexibility index (Phi) is 3.53. The van der Waals surface area contributed by atoms with E-state index in [1.807, 2.05) is 36.0 Å². The highest BCUT2D eigenvalue weighted by molar-refractivity contribution is 5.64. The molecule has 0 aliphatic rings. The molecule has 5 heteroatoms. The number of aryl methyl sites for hydroxylation is 1. The number of nitrogens with two attached hydrogens (primary N) is 1. The highest BCUT2D eigenvalue weighted by Gasteiger charge is 2.10. The molecule has 18 heavy (non-hydrogen) atoms. The van der Waals surface area contributed by atoms with Crippen LogP contribution in [0.25, 0.3) is 11.3 Å². The van der Waals surface area contributed by atoms with Gasteiger partial charge in [-0.25, -0.2) is 0 Å². The highest BCUT2D eigenvalue weighted by Crippen LogP contribution is 2.32. The molecule has 0 atom stereocenters. The van der Waals surface area contributed by atoms with Crippen LogP contribution < -0.4 is 15.2 Å². The minimum Gasteiger partial charge on any atom is -0.493 e. The normalized spacial score (nSPS) is 10.4. The molecule has 0 radical (unpaired) electrons. The van der Waals surface area contributed by atoms with E-state index >= 15 is 0 Å². The first kappa shape index (κ1) is 12.4. The van der Waals surface area contributed by atoms with Gasteiger partial charge < -0.3 is 15.2 Å². The van der Waals surface area contributed by atoms with Crippen molar-refractivity contribution in [1.82, 2.24) is 9.78 Å². The average molecular weight is 247 g/mol. The molecule has 0 unspecified atom stereocenters. The number of ether oxygens (including phenoxy) is 2. The summed E-state index contributed by atoms with van der Waals surface area (Å²) in [6, 6.07) is 7.75. The largest absolute Gasteiger partial charge is 0.493 e. The lowest BCUT2D eigenvalue weighted by Gasteiger charge is -2.09. The van der Waals surface area contributed by atoms with Crippen LogP contribution in [-0.4, -0.2) is 24.0 Å². The number of nitrogens with zero attached hydrogens (tertiary/aromatic N) is 2. The summed E-state index contributed by atoms with van der Waals surface area (Å²) < 4.78 is 12.3. The maximum atomic E-state index is 5.59. The molecule has 0 saturated carbocycles. The fourth-order valence-electron chi connectivity index (χ4n) is 1.89. The van der Waals surface area contributed by atoms with Crippen molar-refractivity contribution in [2.75, 3.05) is 14.2 Å². The van der Waals surface area contributed by atoms with Crippen LogP contribution in [0, 0.1) is 0 Å². The Balaban J connectivity index is 2.47. The zero-order valence-electron chi connectivity index (χ0n) is 10.8. The van der Waals surface area contributed by atoms with Crippen molar-refractivity contribution in [2.45, 2.75) is 6.54 Å². The van der Waals surface area contributed by atoms with Gasteiger partial charge in [-0.1, -0.05) is 0 Å². The second kappa shape index (κ2) is 5.10. The fourth-order valence-corrected chi connectivity index (χ4v) is 1.89. The van der Waals surface area contributed by atoms with Gasteiger partial charge in [0, 0.05) is 19.2 Å². The fraction of sp³-hybridized carbons (Fsp3) is 0.308. The lowest BCUT2D eigenvalue weighted by Crippen LogP contribution is -1.99. The topological polar surface area (TPSA) is 62.3 Å². The van der Waals surface area contributed by atoms with E-state index in [1.54, 1.807) is 14.2 Å². The van der Waals surface area contributed by atoms with Gasteiger partial charge in [-0.2, -0.15) is 5.10 Å². The molecule has 1 heterocycles. The molecule has 0 aliphatic heterocycles. The molecule has 0 bridgehead atoms. The van der Waals surface area contributed by atoms with Gasteiger partial charge in [-0.3, -0.25) is 4.68 Å². The third kappa shape index (κ3) is 2.17. The number of hydrogen-bond donors (Lipinski definition) is 1. The minimum absolute atomic E-state index is 0.432. The van der Waals surface area contributed by atoms with Gasteiger partial charge in [-0.15, -0.1) is 0 Å². The summed E-state index contributed by atoms with van der Waals surface area (Å²) in [6.07, 6.45) is 0. The van der Waals surface area contributed by atoms with Crippen molar-refractivity contribution < 1.29 is 9.47 Å². The molecule has 2 aromatic rings. The Morgan fingerprint density at radius 1 is 1.17 bits per heavy atom. The maximum Gasteiger partial charge on any atom is 0.161 e. The van der Waals surface area contributed by atoms with Crippen LogP contribution in [0.3, 0.4) is 0 Å². The van der Waals surface area contributed by atoms with E-state index in [-0.39, 0.29) is 0 Å². The molecule has 1 aromatic carbocycles. The monoisotopic (exact) mass is 247 g/mol. The molecule has 5 nitrogen and oxygen atoms in total.